The van der Waals surface area contributed by atoms with E-state index in [1.807, 2.05) is 6.92 Å². The molecular weight excluding hydrogens is 216 g/mol. The third kappa shape index (κ3) is 3.41. The topological polar surface area (TPSA) is 44.2 Å². The number of rotatable bonds is 5. The zero-order chi connectivity index (χ0) is 11.3. The average Bonchev–Trinajstić information content (AvgIpc) is 2.26. The Kier molecular flexibility index (Phi) is 4.94. The lowest BCUT2D eigenvalue weighted by molar-refractivity contribution is 0.112. The van der Waals surface area contributed by atoms with Gasteiger partial charge in [-0.25, -0.2) is 9.97 Å². The molecule has 15 heavy (non-hydrogen) atoms. The quantitative estimate of drug-likeness (QED) is 0.726. The number of methoxy groups -OCH3 is 2. The van der Waals surface area contributed by atoms with E-state index in [1.165, 1.54) is 0 Å². The summed E-state index contributed by atoms with van der Waals surface area (Å²) in [5.74, 6) is 0.601. The summed E-state index contributed by atoms with van der Waals surface area (Å²) < 4.78 is 10.1. The maximum atomic E-state index is 6.00. The highest BCUT2D eigenvalue weighted by Crippen LogP contribution is 2.17. The molecule has 1 heterocycles. The van der Waals surface area contributed by atoms with E-state index >= 15 is 0 Å². The van der Waals surface area contributed by atoms with Crippen LogP contribution in [0.3, 0.4) is 0 Å². The maximum Gasteiger partial charge on any atom is 0.158 e. The second-order valence-electron chi connectivity index (χ2n) is 3.16. The van der Waals surface area contributed by atoms with Crippen LogP contribution in [-0.4, -0.2) is 30.8 Å². The molecule has 0 aliphatic rings. The van der Waals surface area contributed by atoms with E-state index in [9.17, 15) is 0 Å². The minimum absolute atomic E-state index is 0.140. The Morgan fingerprint density at radius 2 is 2.20 bits per heavy atom. The van der Waals surface area contributed by atoms with Crippen molar-refractivity contribution in [2.75, 3.05) is 20.8 Å². The van der Waals surface area contributed by atoms with E-state index in [0.717, 1.165) is 12.0 Å². The first kappa shape index (κ1) is 12.4. The average molecular weight is 231 g/mol. The molecule has 0 fully saturated rings. The van der Waals surface area contributed by atoms with Gasteiger partial charge in [0.1, 0.15) is 11.3 Å². The second-order valence-corrected chi connectivity index (χ2v) is 3.52. The summed E-state index contributed by atoms with van der Waals surface area (Å²) in [5.41, 5.74) is 0.894. The fourth-order valence-electron chi connectivity index (χ4n) is 1.08. The lowest BCUT2D eigenvalue weighted by Gasteiger charge is -2.09. The van der Waals surface area contributed by atoms with Gasteiger partial charge in [0.05, 0.1) is 6.61 Å². The van der Waals surface area contributed by atoms with E-state index in [4.69, 9.17) is 21.1 Å². The van der Waals surface area contributed by atoms with E-state index in [0.29, 0.717) is 17.6 Å². The molecule has 0 amide bonds. The molecule has 0 aromatic carbocycles. The molecule has 0 spiro atoms. The van der Waals surface area contributed by atoms with Gasteiger partial charge in [0.2, 0.25) is 0 Å². The van der Waals surface area contributed by atoms with Gasteiger partial charge >= 0.3 is 0 Å². The predicted molar refractivity (Wildman–Crippen MR) is 58.0 cm³/mol. The molecule has 0 saturated carbocycles. The molecule has 1 atom stereocenters. The lowest BCUT2D eigenvalue weighted by Crippen LogP contribution is -2.05. The van der Waals surface area contributed by atoms with Crippen LogP contribution < -0.4 is 0 Å². The third-order valence-electron chi connectivity index (χ3n) is 2.12. The minimum Gasteiger partial charge on any atom is -0.384 e. The van der Waals surface area contributed by atoms with E-state index in [2.05, 4.69) is 9.97 Å². The maximum absolute atomic E-state index is 6.00. The largest absolute Gasteiger partial charge is 0.384 e. The van der Waals surface area contributed by atoms with Gasteiger partial charge in [-0.1, -0.05) is 11.6 Å². The van der Waals surface area contributed by atoms with Crippen molar-refractivity contribution in [1.29, 1.82) is 0 Å². The standard InChI is InChI=1S/C10H15ClN2O2/c1-7(15-3)10-12-6-8(4-5-14-2)9(11)13-10/h6-7H,4-5H2,1-3H3/t7-/m1/s1. The molecule has 4 nitrogen and oxygen atoms in total. The van der Waals surface area contributed by atoms with Crippen LogP contribution in [0.5, 0.6) is 0 Å². The van der Waals surface area contributed by atoms with Crippen LogP contribution in [0.25, 0.3) is 0 Å². The Balaban J connectivity index is 2.78. The Morgan fingerprint density at radius 1 is 1.47 bits per heavy atom. The van der Waals surface area contributed by atoms with Crippen molar-refractivity contribution in [2.45, 2.75) is 19.4 Å². The number of hydrogen-bond acceptors (Lipinski definition) is 4. The Hall–Kier alpha value is -0.710. The molecule has 1 aromatic heterocycles. The SMILES string of the molecule is COCCc1cnc([C@@H](C)OC)nc1Cl. The summed E-state index contributed by atoms with van der Waals surface area (Å²) >= 11 is 6.00. The number of aromatic nitrogens is 2. The predicted octanol–water partition coefficient (Wildman–Crippen LogP) is 2.03. The lowest BCUT2D eigenvalue weighted by atomic mass is 10.2. The van der Waals surface area contributed by atoms with Crippen molar-refractivity contribution in [2.24, 2.45) is 0 Å². The summed E-state index contributed by atoms with van der Waals surface area (Å²) in [4.78, 5) is 8.36. The fraction of sp³-hybridized carbons (Fsp3) is 0.600. The highest BCUT2D eigenvalue weighted by Gasteiger charge is 2.10. The first-order chi connectivity index (χ1) is 7.19. The smallest absolute Gasteiger partial charge is 0.158 e. The highest BCUT2D eigenvalue weighted by atomic mass is 35.5. The van der Waals surface area contributed by atoms with Crippen LogP contribution in [0.15, 0.2) is 6.20 Å². The molecule has 0 unspecified atom stereocenters. The summed E-state index contributed by atoms with van der Waals surface area (Å²) in [6.45, 7) is 2.49. The number of nitrogens with zero attached hydrogens (tertiary/aromatic N) is 2. The zero-order valence-corrected chi connectivity index (χ0v) is 9.91. The normalized spacial score (nSPS) is 12.8. The number of ether oxygens (including phenoxy) is 2. The molecule has 5 heteroatoms. The number of hydrogen-bond donors (Lipinski definition) is 0. The molecule has 0 aliphatic carbocycles. The van der Waals surface area contributed by atoms with Gasteiger partial charge in [0, 0.05) is 32.4 Å². The van der Waals surface area contributed by atoms with Gasteiger partial charge in [-0.3, -0.25) is 0 Å². The zero-order valence-electron chi connectivity index (χ0n) is 9.16. The number of halogens is 1. The summed E-state index contributed by atoms with van der Waals surface area (Å²) in [6.07, 6.45) is 2.30. The van der Waals surface area contributed by atoms with E-state index in [1.54, 1.807) is 20.4 Å². The van der Waals surface area contributed by atoms with Crippen LogP contribution in [0, 0.1) is 0 Å². The Morgan fingerprint density at radius 3 is 2.73 bits per heavy atom. The van der Waals surface area contributed by atoms with Gasteiger partial charge in [-0.15, -0.1) is 0 Å². The van der Waals surface area contributed by atoms with Crippen LogP contribution in [-0.2, 0) is 15.9 Å². The van der Waals surface area contributed by atoms with Crippen molar-refractivity contribution in [3.8, 4) is 0 Å². The summed E-state index contributed by atoms with van der Waals surface area (Å²) in [6, 6.07) is 0. The first-order valence-electron chi connectivity index (χ1n) is 4.72. The van der Waals surface area contributed by atoms with Crippen LogP contribution >= 0.6 is 11.6 Å². The molecule has 1 aromatic rings. The Bertz CT molecular complexity index is 320. The van der Waals surface area contributed by atoms with Crippen LogP contribution in [0.1, 0.15) is 24.4 Å². The van der Waals surface area contributed by atoms with Gasteiger partial charge in [-0.05, 0) is 6.92 Å². The molecule has 0 aliphatic heterocycles. The van der Waals surface area contributed by atoms with E-state index in [-0.39, 0.29) is 6.10 Å². The van der Waals surface area contributed by atoms with Gasteiger partial charge in [0.15, 0.2) is 5.82 Å². The molecule has 84 valence electrons. The van der Waals surface area contributed by atoms with Crippen molar-refractivity contribution in [3.63, 3.8) is 0 Å². The van der Waals surface area contributed by atoms with Crippen molar-refractivity contribution in [1.82, 2.24) is 9.97 Å². The summed E-state index contributed by atoms with van der Waals surface area (Å²) in [5, 5.41) is 0.473. The molecule has 0 bridgehead atoms. The molecular formula is C10H15ClN2O2. The summed E-state index contributed by atoms with van der Waals surface area (Å²) in [7, 11) is 3.26. The van der Waals surface area contributed by atoms with Crippen molar-refractivity contribution in [3.05, 3.63) is 22.7 Å². The fourth-order valence-corrected chi connectivity index (χ4v) is 1.31. The van der Waals surface area contributed by atoms with Crippen LogP contribution in [0.4, 0.5) is 0 Å². The van der Waals surface area contributed by atoms with Crippen LogP contribution in [0.2, 0.25) is 5.15 Å². The van der Waals surface area contributed by atoms with Gasteiger partial charge in [-0.2, -0.15) is 0 Å². The molecule has 1 rings (SSSR count). The van der Waals surface area contributed by atoms with Crippen molar-refractivity contribution >= 4 is 11.6 Å². The second kappa shape index (κ2) is 6.00. The monoisotopic (exact) mass is 230 g/mol. The highest BCUT2D eigenvalue weighted by molar-refractivity contribution is 6.30. The molecule has 0 radical (unpaired) electrons. The molecule has 0 saturated heterocycles. The van der Waals surface area contributed by atoms with Gasteiger partial charge < -0.3 is 9.47 Å². The van der Waals surface area contributed by atoms with Crippen molar-refractivity contribution < 1.29 is 9.47 Å². The van der Waals surface area contributed by atoms with Gasteiger partial charge in [0.25, 0.3) is 0 Å². The molecule has 0 N–H and O–H groups in total. The van der Waals surface area contributed by atoms with E-state index < -0.39 is 0 Å². The minimum atomic E-state index is -0.140. The Labute approximate surface area is 94.6 Å². The first-order valence-corrected chi connectivity index (χ1v) is 5.10. The third-order valence-corrected chi connectivity index (χ3v) is 2.45.